The Balaban J connectivity index is 2.37. The summed E-state index contributed by atoms with van der Waals surface area (Å²) in [5.41, 5.74) is -0.163. The topological polar surface area (TPSA) is 122 Å². The quantitative estimate of drug-likeness (QED) is 0.206. The van der Waals surface area contributed by atoms with Crippen LogP contribution in [-0.2, 0) is 9.53 Å². The minimum absolute atomic E-state index is 0.0565. The molecular formula is C20H18ClN3O5S. The van der Waals surface area contributed by atoms with Crippen LogP contribution in [0.4, 0.5) is 10.7 Å². The fourth-order valence-corrected chi connectivity index (χ4v) is 3.62. The van der Waals surface area contributed by atoms with Gasteiger partial charge < -0.3 is 10.1 Å². The summed E-state index contributed by atoms with van der Waals surface area (Å²) in [5.74, 6) is -1.21. The second-order valence-corrected chi connectivity index (χ2v) is 7.85. The number of nitriles is 1. The Morgan fingerprint density at radius 1 is 1.40 bits per heavy atom. The smallest absolute Gasteiger partial charge is 0.341 e. The number of esters is 1. The number of hydrogen-bond acceptors (Lipinski definition) is 7. The number of carbonyl (C=O) groups is 2. The Hall–Kier alpha value is -3.22. The third-order valence-corrected chi connectivity index (χ3v) is 5.56. The van der Waals surface area contributed by atoms with Crippen molar-refractivity contribution in [3.05, 3.63) is 61.0 Å². The van der Waals surface area contributed by atoms with Gasteiger partial charge in [-0.05, 0) is 36.6 Å². The van der Waals surface area contributed by atoms with Crippen LogP contribution < -0.4 is 5.32 Å². The zero-order valence-corrected chi connectivity index (χ0v) is 18.0. The number of ether oxygens (including phenoxy) is 1. The summed E-state index contributed by atoms with van der Waals surface area (Å²) in [6.07, 6.45) is 1.21. The summed E-state index contributed by atoms with van der Waals surface area (Å²) >= 11 is 7.00. The van der Waals surface area contributed by atoms with Gasteiger partial charge in [-0.25, -0.2) is 4.79 Å². The molecule has 0 unspecified atom stereocenters. The molecule has 8 nitrogen and oxygen atoms in total. The summed E-state index contributed by atoms with van der Waals surface area (Å²) in [4.78, 5) is 36.1. The van der Waals surface area contributed by atoms with Gasteiger partial charge in [0.15, 0.2) is 0 Å². The number of thiophene rings is 1. The van der Waals surface area contributed by atoms with Gasteiger partial charge >= 0.3 is 5.97 Å². The number of amides is 1. The third kappa shape index (κ3) is 5.43. The van der Waals surface area contributed by atoms with Gasteiger partial charge in [0.25, 0.3) is 11.6 Å². The van der Waals surface area contributed by atoms with E-state index in [0.29, 0.717) is 0 Å². The molecule has 1 N–H and O–H groups in total. The Bertz CT molecular complexity index is 1070. The fourth-order valence-electron chi connectivity index (χ4n) is 2.39. The zero-order valence-electron chi connectivity index (χ0n) is 16.4. The van der Waals surface area contributed by atoms with Crippen molar-refractivity contribution in [2.24, 2.45) is 0 Å². The summed E-state index contributed by atoms with van der Waals surface area (Å²) in [6.45, 7) is 5.74. The molecule has 30 heavy (non-hydrogen) atoms. The number of nitrogens with zero attached hydrogens (tertiary/aromatic N) is 2. The highest BCUT2D eigenvalue weighted by Gasteiger charge is 2.22. The normalized spacial score (nSPS) is 11.1. The number of rotatable bonds is 7. The molecule has 0 aliphatic carbocycles. The van der Waals surface area contributed by atoms with Gasteiger partial charge in [0.1, 0.15) is 21.7 Å². The van der Waals surface area contributed by atoms with E-state index < -0.39 is 16.8 Å². The molecule has 1 aromatic heterocycles. The number of nitro groups is 1. The van der Waals surface area contributed by atoms with Crippen LogP contribution in [0.5, 0.6) is 0 Å². The maximum absolute atomic E-state index is 12.6. The first-order chi connectivity index (χ1) is 14.2. The Labute approximate surface area is 181 Å². The number of benzene rings is 1. The predicted octanol–water partition coefficient (Wildman–Crippen LogP) is 5.16. The Morgan fingerprint density at radius 3 is 2.67 bits per heavy atom. The van der Waals surface area contributed by atoms with Crippen molar-refractivity contribution < 1.29 is 19.2 Å². The highest BCUT2D eigenvalue weighted by Crippen LogP contribution is 2.34. The molecule has 1 aromatic carbocycles. The van der Waals surface area contributed by atoms with Crippen LogP contribution in [0, 0.1) is 21.4 Å². The maximum atomic E-state index is 12.6. The molecule has 2 aromatic rings. The molecule has 2 rings (SSSR count). The van der Waals surface area contributed by atoms with Crippen LogP contribution in [0.3, 0.4) is 0 Å². The van der Waals surface area contributed by atoms with Gasteiger partial charge in [-0.1, -0.05) is 31.5 Å². The molecule has 0 atom stereocenters. The lowest BCUT2D eigenvalue weighted by Gasteiger charge is -2.05. The minimum atomic E-state index is -0.752. The molecule has 0 saturated heterocycles. The first-order valence-corrected chi connectivity index (χ1v) is 10.0. The average Bonchev–Trinajstić information content (AvgIpc) is 3.11. The molecule has 0 fully saturated rings. The van der Waals surface area contributed by atoms with Gasteiger partial charge in [0, 0.05) is 10.9 Å². The summed E-state index contributed by atoms with van der Waals surface area (Å²) in [5, 5.41) is 23.2. The number of nitro benzene ring substituents is 1. The lowest BCUT2D eigenvalue weighted by molar-refractivity contribution is -0.384. The molecule has 0 spiro atoms. The summed E-state index contributed by atoms with van der Waals surface area (Å²) in [6, 6.07) is 7.35. The molecule has 1 amide bonds. The van der Waals surface area contributed by atoms with Gasteiger partial charge in [-0.2, -0.15) is 5.26 Å². The first-order valence-electron chi connectivity index (χ1n) is 8.85. The van der Waals surface area contributed by atoms with Crippen molar-refractivity contribution in [2.45, 2.75) is 26.7 Å². The number of nitrogens with one attached hydrogen (secondary N) is 1. The second-order valence-electron chi connectivity index (χ2n) is 6.36. The van der Waals surface area contributed by atoms with Gasteiger partial charge in [0.05, 0.1) is 17.1 Å². The van der Waals surface area contributed by atoms with Crippen LogP contribution in [0.2, 0.25) is 5.02 Å². The summed E-state index contributed by atoms with van der Waals surface area (Å²) in [7, 11) is 0. The van der Waals surface area contributed by atoms with E-state index in [2.05, 4.69) is 5.32 Å². The van der Waals surface area contributed by atoms with E-state index in [1.54, 1.807) is 19.1 Å². The number of anilines is 1. The van der Waals surface area contributed by atoms with E-state index in [0.717, 1.165) is 4.88 Å². The second kappa shape index (κ2) is 10.0. The van der Waals surface area contributed by atoms with Crippen LogP contribution in [0.15, 0.2) is 29.8 Å². The highest BCUT2D eigenvalue weighted by atomic mass is 35.5. The van der Waals surface area contributed by atoms with Crippen LogP contribution in [0.1, 0.15) is 47.5 Å². The molecule has 0 bridgehead atoms. The largest absolute Gasteiger partial charge is 0.462 e. The maximum Gasteiger partial charge on any atom is 0.341 e. The highest BCUT2D eigenvalue weighted by molar-refractivity contribution is 7.16. The Kier molecular flexibility index (Phi) is 7.69. The third-order valence-electron chi connectivity index (χ3n) is 3.89. The van der Waals surface area contributed by atoms with Crippen LogP contribution in [0.25, 0.3) is 6.08 Å². The Morgan fingerprint density at radius 2 is 2.10 bits per heavy atom. The number of carbonyl (C=O) groups excluding carboxylic acids is 2. The SMILES string of the molecule is CCOC(=O)c1cc(C(C)C)sc1NC(=O)/C(C#N)=C/c1ccc(Cl)c([N+](=O)[O-])c1. The molecule has 0 radical (unpaired) electrons. The predicted molar refractivity (Wildman–Crippen MR) is 115 cm³/mol. The lowest BCUT2D eigenvalue weighted by Crippen LogP contribution is -2.15. The minimum Gasteiger partial charge on any atom is -0.462 e. The van der Waals surface area contributed by atoms with Crippen molar-refractivity contribution in [2.75, 3.05) is 11.9 Å². The number of hydrogen-bond donors (Lipinski definition) is 1. The molecular weight excluding hydrogens is 430 g/mol. The monoisotopic (exact) mass is 447 g/mol. The number of halogens is 1. The van der Waals surface area contributed by atoms with E-state index >= 15 is 0 Å². The lowest BCUT2D eigenvalue weighted by atomic mass is 10.1. The molecule has 156 valence electrons. The van der Waals surface area contributed by atoms with E-state index in [4.69, 9.17) is 16.3 Å². The first kappa shape index (κ1) is 23.1. The summed E-state index contributed by atoms with van der Waals surface area (Å²) < 4.78 is 5.03. The molecule has 0 aliphatic rings. The van der Waals surface area contributed by atoms with Crippen LogP contribution >= 0.6 is 22.9 Å². The fraction of sp³-hybridized carbons (Fsp3) is 0.250. The van der Waals surface area contributed by atoms with Gasteiger partial charge in [0.2, 0.25) is 0 Å². The van der Waals surface area contributed by atoms with Crippen molar-refractivity contribution >= 4 is 51.6 Å². The van der Waals surface area contributed by atoms with Crippen molar-refractivity contribution in [1.82, 2.24) is 0 Å². The van der Waals surface area contributed by atoms with Gasteiger partial charge in [-0.3, -0.25) is 14.9 Å². The standard InChI is InChI=1S/C20H18ClN3O5S/c1-4-29-20(26)14-9-17(11(2)3)30-19(14)23-18(25)13(10-22)7-12-5-6-15(21)16(8-12)24(27)28/h5-9,11H,4H2,1-3H3,(H,23,25)/b13-7+. The van der Waals surface area contributed by atoms with E-state index in [1.807, 2.05) is 13.8 Å². The zero-order chi connectivity index (χ0) is 22.4. The van der Waals surface area contributed by atoms with Crippen molar-refractivity contribution in [1.29, 1.82) is 5.26 Å². The van der Waals surface area contributed by atoms with Crippen molar-refractivity contribution in [3.63, 3.8) is 0 Å². The van der Waals surface area contributed by atoms with Gasteiger partial charge in [-0.15, -0.1) is 11.3 Å². The molecule has 0 saturated carbocycles. The van der Waals surface area contributed by atoms with Crippen molar-refractivity contribution in [3.8, 4) is 6.07 Å². The van der Waals surface area contributed by atoms with Crippen LogP contribution in [-0.4, -0.2) is 23.4 Å². The molecule has 0 aliphatic heterocycles. The van der Waals surface area contributed by atoms with E-state index in [1.165, 1.54) is 35.6 Å². The average molecular weight is 448 g/mol. The molecule has 1 heterocycles. The van der Waals surface area contributed by atoms with E-state index in [9.17, 15) is 25.0 Å². The van der Waals surface area contributed by atoms with E-state index in [-0.39, 0.29) is 44.9 Å². The molecule has 10 heteroatoms.